The molecule has 0 radical (unpaired) electrons. The maximum atomic E-state index is 12.2. The van der Waals surface area contributed by atoms with Crippen molar-refractivity contribution in [3.05, 3.63) is 18.2 Å². The van der Waals surface area contributed by atoms with Gasteiger partial charge in [-0.2, -0.15) is 4.98 Å². The number of oxazole rings is 1. The van der Waals surface area contributed by atoms with Crippen molar-refractivity contribution < 1.29 is 17.6 Å². The van der Waals surface area contributed by atoms with E-state index in [1.54, 1.807) is 19.2 Å². The number of benzene rings is 1. The minimum Gasteiger partial charge on any atom is -0.428 e. The summed E-state index contributed by atoms with van der Waals surface area (Å²) in [6, 6.07) is 4.84. The van der Waals surface area contributed by atoms with Crippen molar-refractivity contribution >= 4 is 32.5 Å². The minimum atomic E-state index is -3.89. The first kappa shape index (κ1) is 13.9. The number of aromatic nitrogens is 1. The van der Waals surface area contributed by atoms with Gasteiger partial charge in [-0.3, -0.25) is 4.79 Å². The second-order valence-corrected chi connectivity index (χ2v) is 7.07. The van der Waals surface area contributed by atoms with Gasteiger partial charge >= 0.3 is 5.22 Å². The first-order valence-corrected chi connectivity index (χ1v) is 8.16. The van der Waals surface area contributed by atoms with Crippen LogP contribution in [0.4, 0.5) is 5.69 Å². The van der Waals surface area contributed by atoms with Gasteiger partial charge in [-0.25, -0.2) is 8.42 Å². The summed E-state index contributed by atoms with van der Waals surface area (Å²) in [6.45, 7) is 0. The molecule has 0 unspecified atom stereocenters. The van der Waals surface area contributed by atoms with Crippen molar-refractivity contribution in [2.24, 2.45) is 0 Å². The number of fused-ring (bicyclic) bond motifs is 1. The van der Waals surface area contributed by atoms with E-state index >= 15 is 0 Å². The Bertz CT molecular complexity index is 808. The van der Waals surface area contributed by atoms with E-state index in [-0.39, 0.29) is 11.6 Å². The summed E-state index contributed by atoms with van der Waals surface area (Å²) < 4.78 is 29.6. The fourth-order valence-electron chi connectivity index (χ4n) is 2.04. The number of hydrogen-bond donors (Lipinski definition) is 1. The van der Waals surface area contributed by atoms with Gasteiger partial charge in [0.2, 0.25) is 15.7 Å². The Kier molecular flexibility index (Phi) is 3.12. The van der Waals surface area contributed by atoms with Gasteiger partial charge in [-0.15, -0.1) is 0 Å². The predicted molar refractivity (Wildman–Crippen MR) is 76.3 cm³/mol. The van der Waals surface area contributed by atoms with E-state index in [1.165, 1.54) is 11.0 Å². The normalized spacial score (nSPS) is 15.3. The van der Waals surface area contributed by atoms with Gasteiger partial charge in [0.15, 0.2) is 5.58 Å². The molecular formula is C13H15N3O4S. The third kappa shape index (κ3) is 2.71. The highest BCUT2D eigenvalue weighted by Gasteiger charge is 2.33. The lowest BCUT2D eigenvalue weighted by Gasteiger charge is -2.15. The summed E-state index contributed by atoms with van der Waals surface area (Å²) in [5, 5.41) is -0.444. The number of carbonyl (C=O) groups excluding carboxylic acids is 1. The summed E-state index contributed by atoms with van der Waals surface area (Å²) >= 11 is 0. The Balaban J connectivity index is 1.87. The molecule has 1 saturated carbocycles. The first-order chi connectivity index (χ1) is 9.87. The van der Waals surface area contributed by atoms with Crippen LogP contribution >= 0.6 is 0 Å². The molecule has 0 aliphatic heterocycles. The molecule has 1 aromatic heterocycles. The van der Waals surface area contributed by atoms with Crippen LogP contribution in [-0.2, 0) is 14.6 Å². The number of amides is 1. The SMILES string of the molecule is CN(C(=O)CS(=O)(=O)c1nc2ccc(N)cc2o1)C1CC1. The summed E-state index contributed by atoms with van der Waals surface area (Å²) in [7, 11) is -2.28. The van der Waals surface area contributed by atoms with Gasteiger partial charge < -0.3 is 15.1 Å². The molecule has 2 aromatic rings. The lowest BCUT2D eigenvalue weighted by Crippen LogP contribution is -2.34. The van der Waals surface area contributed by atoms with Crippen molar-refractivity contribution in [2.75, 3.05) is 18.5 Å². The molecule has 0 atom stereocenters. The van der Waals surface area contributed by atoms with E-state index in [0.29, 0.717) is 11.2 Å². The second kappa shape index (κ2) is 4.73. The quantitative estimate of drug-likeness (QED) is 0.837. The van der Waals surface area contributed by atoms with Crippen LogP contribution in [-0.4, -0.2) is 43.1 Å². The Morgan fingerprint density at radius 1 is 1.48 bits per heavy atom. The van der Waals surface area contributed by atoms with Crippen LogP contribution in [0.3, 0.4) is 0 Å². The van der Waals surface area contributed by atoms with Crippen molar-refractivity contribution in [3.63, 3.8) is 0 Å². The average molecular weight is 309 g/mol. The van der Waals surface area contributed by atoms with Crippen LogP contribution in [0.15, 0.2) is 27.8 Å². The number of anilines is 1. The molecule has 21 heavy (non-hydrogen) atoms. The maximum absolute atomic E-state index is 12.2. The smallest absolute Gasteiger partial charge is 0.316 e. The van der Waals surface area contributed by atoms with Crippen LogP contribution in [0.25, 0.3) is 11.1 Å². The number of hydrogen-bond acceptors (Lipinski definition) is 6. The van der Waals surface area contributed by atoms with Gasteiger partial charge in [0.1, 0.15) is 11.3 Å². The van der Waals surface area contributed by atoms with Crippen molar-refractivity contribution in [1.82, 2.24) is 9.88 Å². The summed E-state index contributed by atoms with van der Waals surface area (Å²) in [4.78, 5) is 17.3. The average Bonchev–Trinajstić information content (AvgIpc) is 3.16. The molecule has 0 saturated heterocycles. The highest BCUT2D eigenvalue weighted by molar-refractivity contribution is 7.91. The standard InChI is InChI=1S/C13H15N3O4S/c1-16(9-3-4-9)12(17)7-21(18,19)13-15-10-5-2-8(14)6-11(10)20-13/h2,5-6,9H,3-4,7,14H2,1H3. The lowest BCUT2D eigenvalue weighted by molar-refractivity contribution is -0.127. The van der Waals surface area contributed by atoms with Crippen molar-refractivity contribution in [2.45, 2.75) is 24.1 Å². The van der Waals surface area contributed by atoms with E-state index in [4.69, 9.17) is 10.2 Å². The monoisotopic (exact) mass is 309 g/mol. The lowest BCUT2D eigenvalue weighted by atomic mass is 10.3. The predicted octanol–water partition coefficient (Wildman–Crippen LogP) is 0.804. The van der Waals surface area contributed by atoms with Crippen molar-refractivity contribution in [1.29, 1.82) is 0 Å². The molecule has 0 bridgehead atoms. The number of nitrogens with zero attached hydrogens (tertiary/aromatic N) is 2. The molecule has 0 spiro atoms. The van der Waals surface area contributed by atoms with Crippen LogP contribution < -0.4 is 5.73 Å². The van der Waals surface area contributed by atoms with Crippen LogP contribution in [0.2, 0.25) is 0 Å². The Morgan fingerprint density at radius 2 is 2.19 bits per heavy atom. The maximum Gasteiger partial charge on any atom is 0.316 e. The topological polar surface area (TPSA) is 106 Å². The summed E-state index contributed by atoms with van der Waals surface area (Å²) in [5.74, 6) is -1.08. The molecule has 112 valence electrons. The summed E-state index contributed by atoms with van der Waals surface area (Å²) in [5.41, 5.74) is 6.74. The molecule has 7 nitrogen and oxygen atoms in total. The molecule has 1 aliphatic carbocycles. The minimum absolute atomic E-state index is 0.163. The van der Waals surface area contributed by atoms with Gasteiger partial charge in [-0.1, -0.05) is 0 Å². The van der Waals surface area contributed by atoms with E-state index < -0.39 is 26.7 Å². The van der Waals surface area contributed by atoms with Gasteiger partial charge in [0.05, 0.1) is 0 Å². The second-order valence-electron chi connectivity index (χ2n) is 5.20. The fraction of sp³-hybridized carbons (Fsp3) is 0.385. The van der Waals surface area contributed by atoms with Gasteiger partial charge in [0.25, 0.3) is 0 Å². The molecule has 1 amide bonds. The highest BCUT2D eigenvalue weighted by Crippen LogP contribution is 2.26. The first-order valence-electron chi connectivity index (χ1n) is 6.51. The van der Waals surface area contributed by atoms with E-state index in [1.807, 2.05) is 0 Å². The molecule has 1 fully saturated rings. The van der Waals surface area contributed by atoms with Crippen LogP contribution in [0, 0.1) is 0 Å². The van der Waals surface area contributed by atoms with Crippen LogP contribution in [0.5, 0.6) is 0 Å². The number of rotatable bonds is 4. The van der Waals surface area contributed by atoms with Gasteiger partial charge in [0, 0.05) is 24.8 Å². The van der Waals surface area contributed by atoms with Crippen LogP contribution in [0.1, 0.15) is 12.8 Å². The highest BCUT2D eigenvalue weighted by atomic mass is 32.2. The molecule has 2 N–H and O–H groups in total. The summed E-state index contributed by atoms with van der Waals surface area (Å²) in [6.07, 6.45) is 1.84. The molecule has 1 aliphatic rings. The zero-order valence-electron chi connectivity index (χ0n) is 11.4. The number of nitrogen functional groups attached to an aromatic ring is 1. The zero-order valence-corrected chi connectivity index (χ0v) is 12.3. The Hall–Kier alpha value is -2.09. The molecule has 1 heterocycles. The number of sulfone groups is 1. The molecule has 3 rings (SSSR count). The third-order valence-electron chi connectivity index (χ3n) is 3.46. The zero-order chi connectivity index (χ0) is 15.2. The fourth-order valence-corrected chi connectivity index (χ4v) is 3.15. The number of nitrogens with two attached hydrogens (primary N) is 1. The molecular weight excluding hydrogens is 294 g/mol. The van der Waals surface area contributed by atoms with E-state index in [9.17, 15) is 13.2 Å². The molecule has 8 heteroatoms. The molecule has 1 aromatic carbocycles. The van der Waals surface area contributed by atoms with Gasteiger partial charge in [-0.05, 0) is 25.0 Å². The Morgan fingerprint density at radius 3 is 2.86 bits per heavy atom. The van der Waals surface area contributed by atoms with Crippen molar-refractivity contribution in [3.8, 4) is 0 Å². The third-order valence-corrected chi connectivity index (χ3v) is 4.79. The number of carbonyl (C=O) groups is 1. The van der Waals surface area contributed by atoms with E-state index in [0.717, 1.165) is 12.8 Å². The van der Waals surface area contributed by atoms with E-state index in [2.05, 4.69) is 4.98 Å². The Labute approximate surface area is 121 Å². The largest absolute Gasteiger partial charge is 0.428 e.